The number of rotatable bonds is 8. The lowest BCUT2D eigenvalue weighted by Gasteiger charge is -2.05. The van der Waals surface area contributed by atoms with Gasteiger partial charge in [0.15, 0.2) is 0 Å². The fourth-order valence-electron chi connectivity index (χ4n) is 2.63. The maximum Gasteiger partial charge on any atom is 0.343 e. The van der Waals surface area contributed by atoms with Gasteiger partial charge in [0.25, 0.3) is 11.6 Å². The van der Waals surface area contributed by atoms with Crippen LogP contribution in [0.15, 0.2) is 77.9 Å². The van der Waals surface area contributed by atoms with Crippen molar-refractivity contribution in [1.29, 1.82) is 0 Å². The maximum atomic E-state index is 12.2. The van der Waals surface area contributed by atoms with Gasteiger partial charge in [0.05, 0.1) is 23.3 Å². The summed E-state index contributed by atoms with van der Waals surface area (Å²) in [6.45, 7) is 2.42. The Balaban J connectivity index is 1.55. The molecule has 32 heavy (non-hydrogen) atoms. The maximum absolute atomic E-state index is 12.2. The second-order valence-corrected chi connectivity index (χ2v) is 6.42. The van der Waals surface area contributed by atoms with E-state index < -0.39 is 10.9 Å². The van der Waals surface area contributed by atoms with E-state index >= 15 is 0 Å². The van der Waals surface area contributed by atoms with Gasteiger partial charge in [0, 0.05) is 17.7 Å². The number of nitro benzene ring substituents is 1. The summed E-state index contributed by atoms with van der Waals surface area (Å²) in [5.74, 6) is -0.138. The van der Waals surface area contributed by atoms with E-state index in [0.717, 1.165) is 6.07 Å². The summed E-state index contributed by atoms with van der Waals surface area (Å²) >= 11 is 0. The molecule has 0 spiro atoms. The number of hydrazone groups is 1. The molecular formula is C23H19N3O6. The van der Waals surface area contributed by atoms with Gasteiger partial charge >= 0.3 is 5.97 Å². The molecule has 0 aliphatic rings. The summed E-state index contributed by atoms with van der Waals surface area (Å²) in [5.41, 5.74) is 3.40. The van der Waals surface area contributed by atoms with Crippen molar-refractivity contribution in [3.05, 3.63) is 99.6 Å². The van der Waals surface area contributed by atoms with Crippen LogP contribution < -0.4 is 14.9 Å². The van der Waals surface area contributed by atoms with E-state index in [1.807, 2.05) is 6.92 Å². The Morgan fingerprint density at radius 2 is 1.69 bits per heavy atom. The molecule has 0 saturated heterocycles. The third kappa shape index (κ3) is 5.99. The Morgan fingerprint density at radius 1 is 1.00 bits per heavy atom. The first-order valence-corrected chi connectivity index (χ1v) is 9.59. The van der Waals surface area contributed by atoms with Crippen LogP contribution in [0.1, 0.15) is 33.2 Å². The molecule has 162 valence electrons. The minimum atomic E-state index is -0.710. The molecule has 1 N–H and O–H groups in total. The van der Waals surface area contributed by atoms with Gasteiger partial charge in [-0.3, -0.25) is 14.9 Å². The first kappa shape index (κ1) is 22.2. The highest BCUT2D eigenvalue weighted by molar-refractivity contribution is 5.95. The quantitative estimate of drug-likeness (QED) is 0.189. The minimum absolute atomic E-state index is 0.0711. The van der Waals surface area contributed by atoms with E-state index in [1.165, 1.54) is 24.4 Å². The molecule has 0 aliphatic carbocycles. The predicted molar refractivity (Wildman–Crippen MR) is 117 cm³/mol. The number of hydrogen-bond donors (Lipinski definition) is 1. The summed E-state index contributed by atoms with van der Waals surface area (Å²) in [4.78, 5) is 34.5. The second kappa shape index (κ2) is 10.5. The molecule has 1 amide bonds. The molecule has 3 aromatic rings. The van der Waals surface area contributed by atoms with Crippen molar-refractivity contribution < 1.29 is 24.0 Å². The molecule has 0 atom stereocenters. The predicted octanol–water partition coefficient (Wildman–Crippen LogP) is 3.98. The van der Waals surface area contributed by atoms with Crippen LogP contribution in [0, 0.1) is 10.1 Å². The number of hydrogen-bond acceptors (Lipinski definition) is 7. The Hall–Kier alpha value is -4.53. The lowest BCUT2D eigenvalue weighted by molar-refractivity contribution is -0.384. The summed E-state index contributed by atoms with van der Waals surface area (Å²) in [6, 6.07) is 18.3. The van der Waals surface area contributed by atoms with Crippen molar-refractivity contribution in [2.24, 2.45) is 5.10 Å². The number of benzene rings is 3. The average molecular weight is 433 g/mol. The molecule has 0 heterocycles. The molecule has 0 saturated carbocycles. The third-order valence-corrected chi connectivity index (χ3v) is 4.19. The lowest BCUT2D eigenvalue weighted by atomic mass is 10.2. The van der Waals surface area contributed by atoms with Gasteiger partial charge in [0.2, 0.25) is 0 Å². The highest BCUT2D eigenvalue weighted by atomic mass is 16.6. The molecule has 9 heteroatoms. The lowest BCUT2D eigenvalue weighted by Crippen LogP contribution is -2.17. The van der Waals surface area contributed by atoms with Gasteiger partial charge in [-0.2, -0.15) is 5.10 Å². The van der Waals surface area contributed by atoms with E-state index in [1.54, 1.807) is 48.5 Å². The summed E-state index contributed by atoms with van der Waals surface area (Å²) in [6.07, 6.45) is 1.44. The van der Waals surface area contributed by atoms with Crippen LogP contribution in [0.5, 0.6) is 11.5 Å². The zero-order valence-electron chi connectivity index (χ0n) is 17.1. The summed E-state index contributed by atoms with van der Waals surface area (Å²) < 4.78 is 10.6. The Labute approximate surface area is 183 Å². The number of carbonyl (C=O) groups excluding carboxylic acids is 2. The molecule has 0 unspecified atom stereocenters. The number of carbonyl (C=O) groups is 2. The van der Waals surface area contributed by atoms with Gasteiger partial charge in [-0.25, -0.2) is 10.2 Å². The summed E-state index contributed by atoms with van der Waals surface area (Å²) in [5, 5.41) is 14.7. The van der Waals surface area contributed by atoms with Crippen molar-refractivity contribution in [2.45, 2.75) is 6.92 Å². The SMILES string of the molecule is CCOc1ccc(C(=O)N/N=C/c2ccc(OC(=O)c3cccc([N+](=O)[O-])c3)cc2)cc1. The fraction of sp³-hybridized carbons (Fsp3) is 0.0870. The first-order valence-electron chi connectivity index (χ1n) is 9.59. The summed E-state index contributed by atoms with van der Waals surface area (Å²) in [7, 11) is 0. The number of non-ortho nitro benzene ring substituents is 1. The number of nitrogens with one attached hydrogen (secondary N) is 1. The monoisotopic (exact) mass is 433 g/mol. The van der Waals surface area contributed by atoms with Gasteiger partial charge in [0.1, 0.15) is 11.5 Å². The number of nitrogens with zero attached hydrogens (tertiary/aromatic N) is 2. The standard InChI is InChI=1S/C23H19N3O6/c1-2-31-20-12-8-17(9-13-20)22(27)25-24-15-16-6-10-21(11-7-16)32-23(28)18-4-3-5-19(14-18)26(29)30/h3-15H,2H2,1H3,(H,25,27)/b24-15+. The van der Waals surface area contributed by atoms with Crippen LogP contribution in [-0.2, 0) is 0 Å². The van der Waals surface area contributed by atoms with Crippen LogP contribution in [0.2, 0.25) is 0 Å². The van der Waals surface area contributed by atoms with Crippen LogP contribution in [-0.4, -0.2) is 29.6 Å². The molecule has 0 aliphatic heterocycles. The zero-order chi connectivity index (χ0) is 22.9. The van der Waals surface area contributed by atoms with E-state index in [0.29, 0.717) is 23.5 Å². The number of esters is 1. The number of nitro groups is 1. The molecule has 3 aromatic carbocycles. The molecule has 0 radical (unpaired) electrons. The van der Waals surface area contributed by atoms with Crippen LogP contribution >= 0.6 is 0 Å². The van der Waals surface area contributed by atoms with Crippen molar-refractivity contribution in [3.63, 3.8) is 0 Å². The Bertz CT molecular complexity index is 1140. The third-order valence-electron chi connectivity index (χ3n) is 4.19. The van der Waals surface area contributed by atoms with E-state index in [-0.39, 0.29) is 22.9 Å². The van der Waals surface area contributed by atoms with Crippen molar-refractivity contribution in [3.8, 4) is 11.5 Å². The largest absolute Gasteiger partial charge is 0.494 e. The number of amides is 1. The van der Waals surface area contributed by atoms with E-state index in [4.69, 9.17) is 9.47 Å². The zero-order valence-corrected chi connectivity index (χ0v) is 17.1. The van der Waals surface area contributed by atoms with Crippen LogP contribution in [0.3, 0.4) is 0 Å². The molecule has 3 rings (SSSR count). The minimum Gasteiger partial charge on any atom is -0.494 e. The molecule has 0 aromatic heterocycles. The Morgan fingerprint density at radius 3 is 2.34 bits per heavy atom. The number of ether oxygens (including phenoxy) is 2. The first-order chi connectivity index (χ1) is 15.5. The van der Waals surface area contributed by atoms with Crippen LogP contribution in [0.4, 0.5) is 5.69 Å². The van der Waals surface area contributed by atoms with Gasteiger partial charge in [-0.15, -0.1) is 0 Å². The molecular weight excluding hydrogens is 414 g/mol. The fourth-order valence-corrected chi connectivity index (χ4v) is 2.63. The van der Waals surface area contributed by atoms with Crippen LogP contribution in [0.25, 0.3) is 0 Å². The van der Waals surface area contributed by atoms with Gasteiger partial charge < -0.3 is 9.47 Å². The van der Waals surface area contributed by atoms with Crippen molar-refractivity contribution >= 4 is 23.8 Å². The normalized spacial score (nSPS) is 10.5. The van der Waals surface area contributed by atoms with Crippen molar-refractivity contribution in [1.82, 2.24) is 5.43 Å². The van der Waals surface area contributed by atoms with Gasteiger partial charge in [-0.05, 0) is 67.1 Å². The molecule has 9 nitrogen and oxygen atoms in total. The Kier molecular flexibility index (Phi) is 7.26. The van der Waals surface area contributed by atoms with E-state index in [9.17, 15) is 19.7 Å². The topological polar surface area (TPSA) is 120 Å². The highest BCUT2D eigenvalue weighted by Crippen LogP contribution is 2.17. The van der Waals surface area contributed by atoms with Gasteiger partial charge in [-0.1, -0.05) is 6.07 Å². The second-order valence-electron chi connectivity index (χ2n) is 6.42. The smallest absolute Gasteiger partial charge is 0.343 e. The van der Waals surface area contributed by atoms with Crippen molar-refractivity contribution in [2.75, 3.05) is 6.61 Å². The average Bonchev–Trinajstić information content (AvgIpc) is 2.81. The molecule has 0 bridgehead atoms. The molecule has 0 fully saturated rings. The highest BCUT2D eigenvalue weighted by Gasteiger charge is 2.13. The van der Waals surface area contributed by atoms with E-state index in [2.05, 4.69) is 10.5 Å².